The Bertz CT molecular complexity index is 1150. The predicted octanol–water partition coefficient (Wildman–Crippen LogP) is 1.58. The second-order valence-electron chi connectivity index (χ2n) is 11.1. The molecular formula is C28H41N5O5. The molecular weight excluding hydrogens is 486 g/mol. The summed E-state index contributed by atoms with van der Waals surface area (Å²) in [4.78, 5) is 53.9. The molecule has 2 unspecified atom stereocenters. The highest BCUT2D eigenvalue weighted by Crippen LogP contribution is 2.30. The lowest BCUT2D eigenvalue weighted by molar-refractivity contribution is -0.149. The first-order chi connectivity index (χ1) is 17.6. The molecule has 1 aromatic carbocycles. The second kappa shape index (κ2) is 12.3. The van der Waals surface area contributed by atoms with Crippen molar-refractivity contribution >= 4 is 23.6 Å². The largest absolute Gasteiger partial charge is 0.465 e. The molecule has 10 nitrogen and oxygen atoms in total. The van der Waals surface area contributed by atoms with E-state index in [1.807, 2.05) is 65.0 Å². The average Bonchev–Trinajstić information content (AvgIpc) is 3.27. The van der Waals surface area contributed by atoms with Crippen molar-refractivity contribution in [3.05, 3.63) is 59.0 Å². The summed E-state index contributed by atoms with van der Waals surface area (Å²) in [5.74, 6) is -1.88. The van der Waals surface area contributed by atoms with E-state index in [-0.39, 0.29) is 17.9 Å². The van der Waals surface area contributed by atoms with Gasteiger partial charge in [0.1, 0.15) is 23.6 Å². The van der Waals surface area contributed by atoms with E-state index >= 15 is 0 Å². The quantitative estimate of drug-likeness (QED) is 0.401. The zero-order chi connectivity index (χ0) is 28.9. The van der Waals surface area contributed by atoms with Gasteiger partial charge in [-0.05, 0) is 24.0 Å². The predicted molar refractivity (Wildman–Crippen MR) is 145 cm³/mol. The van der Waals surface area contributed by atoms with Crippen LogP contribution in [0.25, 0.3) is 0 Å². The molecule has 0 radical (unpaired) electrons. The minimum atomic E-state index is -1.09. The third-order valence-electron chi connectivity index (χ3n) is 6.53. The third-order valence-corrected chi connectivity index (χ3v) is 6.53. The minimum absolute atomic E-state index is 0.0655. The standard InChI is InChI=1S/C28H41N5O5/c1-16(2)22(33(7)26(36)20(29)13-17-11-9-8-10-12-17)27(37)32(6)21(25(31)35)15-18-14-19(24(30)34)23(38-18)28(3,4)5/h8-12,14,16,20-22H,13,15,29H2,1-7H3,(H2,30,34)(H2,31,35)/t20-,21?,22?/m0/s1. The SMILES string of the molecule is CC(C)C(C(=O)N(C)C(Cc1cc(C(N)=O)c(C(C)(C)C)o1)C(N)=O)N(C)C(=O)[C@@H](N)Cc1ccccc1. The number of hydrogen-bond acceptors (Lipinski definition) is 6. The Hall–Kier alpha value is -3.66. The topological polar surface area (TPSA) is 166 Å². The molecule has 0 aliphatic rings. The Balaban J connectivity index is 2.29. The van der Waals surface area contributed by atoms with Crippen LogP contribution < -0.4 is 17.2 Å². The summed E-state index contributed by atoms with van der Waals surface area (Å²) < 4.78 is 5.91. The first-order valence-corrected chi connectivity index (χ1v) is 12.6. The Morgan fingerprint density at radius 1 is 0.921 bits per heavy atom. The summed E-state index contributed by atoms with van der Waals surface area (Å²) in [5, 5.41) is 0. The second-order valence-corrected chi connectivity index (χ2v) is 11.1. The molecule has 3 atom stereocenters. The molecule has 0 saturated heterocycles. The molecule has 0 aliphatic heterocycles. The zero-order valence-corrected chi connectivity index (χ0v) is 23.4. The fourth-order valence-corrected chi connectivity index (χ4v) is 4.52. The number of carbonyl (C=O) groups is 4. The van der Waals surface area contributed by atoms with E-state index in [9.17, 15) is 19.2 Å². The Morgan fingerprint density at radius 2 is 1.50 bits per heavy atom. The van der Waals surface area contributed by atoms with Crippen LogP contribution >= 0.6 is 0 Å². The van der Waals surface area contributed by atoms with Gasteiger partial charge in [0.2, 0.25) is 17.7 Å². The van der Waals surface area contributed by atoms with Crippen LogP contribution in [-0.2, 0) is 32.6 Å². The number of primary amides is 2. The van der Waals surface area contributed by atoms with Crippen LogP contribution in [0, 0.1) is 5.92 Å². The van der Waals surface area contributed by atoms with E-state index in [0.29, 0.717) is 17.9 Å². The third kappa shape index (κ3) is 7.22. The van der Waals surface area contributed by atoms with Gasteiger partial charge in [-0.1, -0.05) is 65.0 Å². The van der Waals surface area contributed by atoms with E-state index in [0.717, 1.165) is 5.56 Å². The number of benzene rings is 1. The monoisotopic (exact) mass is 527 g/mol. The molecule has 2 aromatic rings. The average molecular weight is 528 g/mol. The number of nitrogens with two attached hydrogens (primary N) is 3. The van der Waals surface area contributed by atoms with Crippen LogP contribution in [0.2, 0.25) is 0 Å². The summed E-state index contributed by atoms with van der Waals surface area (Å²) in [7, 11) is 2.99. The Labute approximate surface area is 224 Å². The fourth-order valence-electron chi connectivity index (χ4n) is 4.52. The molecule has 0 saturated carbocycles. The lowest BCUT2D eigenvalue weighted by atomic mass is 9.90. The van der Waals surface area contributed by atoms with Gasteiger partial charge < -0.3 is 31.4 Å². The van der Waals surface area contributed by atoms with Crippen molar-refractivity contribution in [3.63, 3.8) is 0 Å². The van der Waals surface area contributed by atoms with Crippen molar-refractivity contribution in [2.75, 3.05) is 14.1 Å². The molecule has 1 heterocycles. The van der Waals surface area contributed by atoms with Gasteiger partial charge in [0.25, 0.3) is 5.91 Å². The van der Waals surface area contributed by atoms with Crippen LogP contribution in [0.5, 0.6) is 0 Å². The van der Waals surface area contributed by atoms with Crippen LogP contribution in [0.3, 0.4) is 0 Å². The molecule has 2 rings (SSSR count). The first-order valence-electron chi connectivity index (χ1n) is 12.6. The number of hydrogen-bond donors (Lipinski definition) is 3. The number of nitrogens with zero attached hydrogens (tertiary/aromatic N) is 2. The van der Waals surface area contributed by atoms with Crippen LogP contribution in [0.1, 0.15) is 62.1 Å². The van der Waals surface area contributed by atoms with Crippen molar-refractivity contribution in [2.45, 2.75) is 71.0 Å². The summed E-state index contributed by atoms with van der Waals surface area (Å²) in [5.41, 5.74) is 18.0. The van der Waals surface area contributed by atoms with Gasteiger partial charge in [0.15, 0.2) is 0 Å². The van der Waals surface area contributed by atoms with Crippen molar-refractivity contribution in [2.24, 2.45) is 23.1 Å². The van der Waals surface area contributed by atoms with E-state index in [1.54, 1.807) is 0 Å². The lowest BCUT2D eigenvalue weighted by Crippen LogP contribution is -2.58. The molecule has 10 heteroatoms. The Kier molecular flexibility index (Phi) is 9.86. The summed E-state index contributed by atoms with van der Waals surface area (Å²) in [6, 6.07) is 8.03. The molecule has 0 aliphatic carbocycles. The van der Waals surface area contributed by atoms with Crippen molar-refractivity contribution in [3.8, 4) is 0 Å². The van der Waals surface area contributed by atoms with Crippen molar-refractivity contribution in [1.82, 2.24) is 9.80 Å². The van der Waals surface area contributed by atoms with Gasteiger partial charge in [0, 0.05) is 25.9 Å². The smallest absolute Gasteiger partial charge is 0.252 e. The minimum Gasteiger partial charge on any atom is -0.465 e. The van der Waals surface area contributed by atoms with E-state index in [1.165, 1.54) is 30.0 Å². The lowest BCUT2D eigenvalue weighted by Gasteiger charge is -2.36. The van der Waals surface area contributed by atoms with Crippen LogP contribution in [0.4, 0.5) is 0 Å². The van der Waals surface area contributed by atoms with Gasteiger partial charge in [-0.2, -0.15) is 0 Å². The van der Waals surface area contributed by atoms with Crippen LogP contribution in [0.15, 0.2) is 40.8 Å². The number of carbonyl (C=O) groups excluding carboxylic acids is 4. The molecule has 0 fully saturated rings. The molecule has 208 valence electrons. The first kappa shape index (κ1) is 30.6. The van der Waals surface area contributed by atoms with Gasteiger partial charge in [-0.25, -0.2) is 0 Å². The van der Waals surface area contributed by atoms with Gasteiger partial charge in [0.05, 0.1) is 11.6 Å². The van der Waals surface area contributed by atoms with E-state index in [4.69, 9.17) is 21.6 Å². The molecule has 0 bridgehead atoms. The number of furan rings is 1. The Morgan fingerprint density at radius 3 is 1.95 bits per heavy atom. The molecule has 1 aromatic heterocycles. The van der Waals surface area contributed by atoms with E-state index < -0.39 is 47.2 Å². The molecule has 4 amide bonds. The molecule has 6 N–H and O–H groups in total. The normalized spacial score (nSPS) is 14.0. The number of amides is 4. The van der Waals surface area contributed by atoms with Gasteiger partial charge in [-0.3, -0.25) is 19.2 Å². The number of likely N-dealkylation sites (N-methyl/N-ethyl adjacent to an activating group) is 2. The van der Waals surface area contributed by atoms with E-state index in [2.05, 4.69) is 0 Å². The van der Waals surface area contributed by atoms with Gasteiger partial charge in [-0.15, -0.1) is 0 Å². The molecule has 38 heavy (non-hydrogen) atoms. The maximum Gasteiger partial charge on any atom is 0.252 e. The molecule has 0 spiro atoms. The van der Waals surface area contributed by atoms with Crippen molar-refractivity contribution in [1.29, 1.82) is 0 Å². The highest BCUT2D eigenvalue weighted by molar-refractivity contribution is 5.95. The van der Waals surface area contributed by atoms with Gasteiger partial charge >= 0.3 is 0 Å². The van der Waals surface area contributed by atoms with Crippen LogP contribution in [-0.4, -0.2) is 65.6 Å². The fraction of sp³-hybridized carbons (Fsp3) is 0.500. The maximum atomic E-state index is 13.7. The summed E-state index contributed by atoms with van der Waals surface area (Å²) in [6.07, 6.45) is 0.253. The maximum absolute atomic E-state index is 13.7. The zero-order valence-electron chi connectivity index (χ0n) is 23.4. The number of rotatable bonds is 11. The highest BCUT2D eigenvalue weighted by Gasteiger charge is 2.38. The van der Waals surface area contributed by atoms with Crippen molar-refractivity contribution < 1.29 is 23.6 Å². The highest BCUT2D eigenvalue weighted by atomic mass is 16.3. The summed E-state index contributed by atoms with van der Waals surface area (Å²) in [6.45, 7) is 9.22. The summed E-state index contributed by atoms with van der Waals surface area (Å²) >= 11 is 0.